The second-order valence-electron chi connectivity index (χ2n) is 3.19. The average molecular weight is 240 g/mol. The van der Waals surface area contributed by atoms with Crippen molar-refractivity contribution in [1.29, 1.82) is 0 Å². The Balaban J connectivity index is 2.65. The van der Waals surface area contributed by atoms with E-state index < -0.39 is 0 Å². The van der Waals surface area contributed by atoms with E-state index in [1.807, 2.05) is 19.1 Å². The molecule has 1 N–H and O–H groups in total. The van der Waals surface area contributed by atoms with E-state index in [-0.39, 0.29) is 5.78 Å². The van der Waals surface area contributed by atoms with E-state index in [4.69, 9.17) is 0 Å². The van der Waals surface area contributed by atoms with Crippen LogP contribution >= 0.6 is 15.9 Å². The molecule has 0 fully saturated rings. The molecule has 1 aliphatic rings. The van der Waals surface area contributed by atoms with E-state index >= 15 is 0 Å². The SMILES string of the molecule is Cc1c(Br)ccc2c1C(=O)CCN2. The number of Topliss-reactive ketones (excluding diaryl/α,β-unsaturated/α-hetero) is 1. The summed E-state index contributed by atoms with van der Waals surface area (Å²) < 4.78 is 1.00. The van der Waals surface area contributed by atoms with Crippen molar-refractivity contribution in [3.8, 4) is 0 Å². The van der Waals surface area contributed by atoms with Crippen molar-refractivity contribution < 1.29 is 4.79 Å². The first kappa shape index (κ1) is 8.75. The number of benzene rings is 1. The number of anilines is 1. The normalized spacial score (nSPS) is 15.1. The first-order valence-electron chi connectivity index (χ1n) is 4.26. The van der Waals surface area contributed by atoms with E-state index in [1.165, 1.54) is 0 Å². The smallest absolute Gasteiger partial charge is 0.167 e. The summed E-state index contributed by atoms with van der Waals surface area (Å²) in [5.74, 6) is 0.243. The monoisotopic (exact) mass is 239 g/mol. The van der Waals surface area contributed by atoms with Crippen molar-refractivity contribution in [3.05, 3.63) is 27.7 Å². The third-order valence-electron chi connectivity index (χ3n) is 2.35. The van der Waals surface area contributed by atoms with E-state index in [2.05, 4.69) is 21.2 Å². The van der Waals surface area contributed by atoms with Gasteiger partial charge in [0.1, 0.15) is 0 Å². The van der Waals surface area contributed by atoms with Gasteiger partial charge in [0.05, 0.1) is 0 Å². The quantitative estimate of drug-likeness (QED) is 0.755. The van der Waals surface area contributed by atoms with Gasteiger partial charge < -0.3 is 5.32 Å². The Kier molecular flexibility index (Phi) is 2.12. The molecule has 2 nitrogen and oxygen atoms in total. The minimum Gasteiger partial charge on any atom is -0.384 e. The maximum absolute atomic E-state index is 11.6. The highest BCUT2D eigenvalue weighted by Crippen LogP contribution is 2.29. The average Bonchev–Trinajstić information content (AvgIpc) is 2.12. The van der Waals surface area contributed by atoms with Crippen LogP contribution in [0.3, 0.4) is 0 Å². The van der Waals surface area contributed by atoms with Crippen LogP contribution in [0.4, 0.5) is 5.69 Å². The molecule has 13 heavy (non-hydrogen) atoms. The van der Waals surface area contributed by atoms with Crippen LogP contribution in [-0.2, 0) is 0 Å². The number of fused-ring (bicyclic) bond motifs is 1. The molecule has 1 aliphatic heterocycles. The molecule has 0 unspecified atom stereocenters. The lowest BCUT2D eigenvalue weighted by atomic mass is 9.97. The number of nitrogens with one attached hydrogen (secondary N) is 1. The highest BCUT2D eigenvalue weighted by Gasteiger charge is 2.19. The number of ketones is 1. The van der Waals surface area contributed by atoms with Crippen molar-refractivity contribution in [2.45, 2.75) is 13.3 Å². The molecular formula is C10H10BrNO. The van der Waals surface area contributed by atoms with Crippen molar-refractivity contribution in [2.24, 2.45) is 0 Å². The molecule has 0 spiro atoms. The second-order valence-corrected chi connectivity index (χ2v) is 4.05. The van der Waals surface area contributed by atoms with E-state index in [9.17, 15) is 4.79 Å². The fraction of sp³-hybridized carbons (Fsp3) is 0.300. The van der Waals surface area contributed by atoms with Crippen LogP contribution < -0.4 is 5.32 Å². The van der Waals surface area contributed by atoms with Gasteiger partial charge in [-0.25, -0.2) is 0 Å². The van der Waals surface area contributed by atoms with Gasteiger partial charge in [0.15, 0.2) is 5.78 Å². The highest BCUT2D eigenvalue weighted by molar-refractivity contribution is 9.10. The van der Waals surface area contributed by atoms with Gasteiger partial charge in [0.25, 0.3) is 0 Å². The lowest BCUT2D eigenvalue weighted by molar-refractivity contribution is 0.0983. The fourth-order valence-corrected chi connectivity index (χ4v) is 1.96. The molecule has 0 aromatic heterocycles. The zero-order valence-electron chi connectivity index (χ0n) is 7.36. The molecule has 1 heterocycles. The predicted molar refractivity (Wildman–Crippen MR) is 56.3 cm³/mol. The maximum Gasteiger partial charge on any atom is 0.167 e. The van der Waals surface area contributed by atoms with E-state index in [1.54, 1.807) is 0 Å². The third-order valence-corrected chi connectivity index (χ3v) is 3.20. The Morgan fingerprint density at radius 2 is 2.23 bits per heavy atom. The minimum absolute atomic E-state index is 0.243. The minimum atomic E-state index is 0.243. The van der Waals surface area contributed by atoms with Gasteiger partial charge in [-0.1, -0.05) is 15.9 Å². The van der Waals surface area contributed by atoms with Crippen LogP contribution in [0.1, 0.15) is 22.3 Å². The number of hydrogen-bond acceptors (Lipinski definition) is 2. The van der Waals surface area contributed by atoms with Crippen molar-refractivity contribution in [1.82, 2.24) is 0 Å². The second kappa shape index (κ2) is 3.14. The van der Waals surface area contributed by atoms with E-state index in [0.29, 0.717) is 6.42 Å². The number of carbonyl (C=O) groups excluding carboxylic acids is 1. The lowest BCUT2D eigenvalue weighted by Gasteiger charge is -2.19. The maximum atomic E-state index is 11.6. The van der Waals surface area contributed by atoms with Gasteiger partial charge in [-0.15, -0.1) is 0 Å². The summed E-state index contributed by atoms with van der Waals surface area (Å²) in [7, 11) is 0. The number of halogens is 1. The molecule has 68 valence electrons. The van der Waals surface area contributed by atoms with Crippen LogP contribution in [0, 0.1) is 6.92 Å². The Morgan fingerprint density at radius 3 is 3.00 bits per heavy atom. The Bertz CT molecular complexity index is 373. The standard InChI is InChI=1S/C10H10BrNO/c1-6-7(11)2-3-8-10(6)9(13)4-5-12-8/h2-3,12H,4-5H2,1H3. The third kappa shape index (κ3) is 1.37. The summed E-state index contributed by atoms with van der Waals surface area (Å²) in [5.41, 5.74) is 2.85. The van der Waals surface area contributed by atoms with Gasteiger partial charge in [-0.2, -0.15) is 0 Å². The summed E-state index contributed by atoms with van der Waals surface area (Å²) in [6.45, 7) is 2.72. The lowest BCUT2D eigenvalue weighted by Crippen LogP contribution is -2.19. The molecule has 3 heteroatoms. The summed E-state index contributed by atoms with van der Waals surface area (Å²) in [4.78, 5) is 11.6. The first-order chi connectivity index (χ1) is 6.20. The predicted octanol–water partition coefficient (Wildman–Crippen LogP) is 2.76. The highest BCUT2D eigenvalue weighted by atomic mass is 79.9. The van der Waals surface area contributed by atoms with Crippen LogP contribution in [0.5, 0.6) is 0 Å². The van der Waals surface area contributed by atoms with Crippen molar-refractivity contribution in [2.75, 3.05) is 11.9 Å². The van der Waals surface area contributed by atoms with Crippen LogP contribution in [0.2, 0.25) is 0 Å². The van der Waals surface area contributed by atoms with Gasteiger partial charge in [-0.05, 0) is 24.6 Å². The Hall–Kier alpha value is -0.830. The molecular weight excluding hydrogens is 230 g/mol. The molecule has 0 atom stereocenters. The molecule has 0 saturated carbocycles. The Morgan fingerprint density at radius 1 is 1.46 bits per heavy atom. The molecule has 0 saturated heterocycles. The van der Waals surface area contributed by atoms with Crippen LogP contribution in [0.25, 0.3) is 0 Å². The molecule has 0 radical (unpaired) electrons. The number of rotatable bonds is 0. The summed E-state index contributed by atoms with van der Waals surface area (Å²) in [5, 5.41) is 3.22. The first-order valence-corrected chi connectivity index (χ1v) is 5.05. The largest absolute Gasteiger partial charge is 0.384 e. The van der Waals surface area contributed by atoms with Gasteiger partial charge in [-0.3, -0.25) is 4.79 Å². The summed E-state index contributed by atoms with van der Waals surface area (Å²) >= 11 is 3.42. The zero-order valence-corrected chi connectivity index (χ0v) is 8.94. The molecule has 2 rings (SSSR count). The van der Waals surface area contributed by atoms with E-state index in [0.717, 1.165) is 27.8 Å². The summed E-state index contributed by atoms with van der Waals surface area (Å²) in [6, 6.07) is 3.92. The van der Waals surface area contributed by atoms with Crippen LogP contribution in [0.15, 0.2) is 16.6 Å². The molecule has 1 aromatic rings. The summed E-state index contributed by atoms with van der Waals surface area (Å²) in [6.07, 6.45) is 0.601. The molecule has 1 aromatic carbocycles. The molecule has 0 aliphatic carbocycles. The van der Waals surface area contributed by atoms with Crippen molar-refractivity contribution in [3.63, 3.8) is 0 Å². The van der Waals surface area contributed by atoms with Gasteiger partial charge in [0.2, 0.25) is 0 Å². The number of carbonyl (C=O) groups is 1. The van der Waals surface area contributed by atoms with Gasteiger partial charge >= 0.3 is 0 Å². The molecule has 0 bridgehead atoms. The zero-order chi connectivity index (χ0) is 9.42. The fourth-order valence-electron chi connectivity index (χ4n) is 1.63. The number of hydrogen-bond donors (Lipinski definition) is 1. The van der Waals surface area contributed by atoms with Crippen LogP contribution in [-0.4, -0.2) is 12.3 Å². The topological polar surface area (TPSA) is 29.1 Å². The van der Waals surface area contributed by atoms with Gasteiger partial charge in [0, 0.05) is 28.7 Å². The molecule has 0 amide bonds. The Labute approximate surface area is 85.5 Å². The van der Waals surface area contributed by atoms with Crippen molar-refractivity contribution >= 4 is 27.4 Å².